The predicted octanol–water partition coefficient (Wildman–Crippen LogP) is 1.60. The van der Waals surface area contributed by atoms with Crippen molar-refractivity contribution >= 4 is 14.5 Å². The second kappa shape index (κ2) is 10.0. The van der Waals surface area contributed by atoms with E-state index in [4.69, 9.17) is 11.6 Å². The van der Waals surface area contributed by atoms with Crippen LogP contribution in [0.1, 0.15) is 40.0 Å². The first-order chi connectivity index (χ1) is 9.24. The van der Waals surface area contributed by atoms with Gasteiger partial charge in [-0.05, 0) is 31.1 Å². The highest BCUT2D eigenvalue weighted by atomic mass is 31.1. The number of carbonyl (C=O) groups is 1. The van der Waals surface area contributed by atoms with Crippen LogP contribution in [0.2, 0.25) is 0 Å². The summed E-state index contributed by atoms with van der Waals surface area (Å²) in [5.41, 5.74) is 6.52. The molecule has 0 aromatic rings. The highest BCUT2D eigenvalue weighted by Crippen LogP contribution is 2.13. The number of hydrazine groups is 1. The first-order valence-electron chi connectivity index (χ1n) is 7.13. The Bertz CT molecular complexity index is 313. The number of amides is 1. The Morgan fingerprint density at radius 3 is 2.55 bits per heavy atom. The second-order valence-corrected chi connectivity index (χ2v) is 7.48. The van der Waals surface area contributed by atoms with Gasteiger partial charge in [-0.15, -0.1) is 8.58 Å². The molecule has 0 bridgehead atoms. The maximum atomic E-state index is 11.6. The number of hydrogen-bond acceptors (Lipinski definition) is 4. The van der Waals surface area contributed by atoms with Crippen LogP contribution in [0.4, 0.5) is 0 Å². The van der Waals surface area contributed by atoms with Crippen LogP contribution in [0, 0.1) is 5.41 Å². The lowest BCUT2D eigenvalue weighted by Crippen LogP contribution is -2.36. The van der Waals surface area contributed by atoms with E-state index in [9.17, 15) is 4.79 Å². The molecule has 0 radical (unpaired) electrons. The van der Waals surface area contributed by atoms with E-state index in [0.717, 1.165) is 21.4 Å². The van der Waals surface area contributed by atoms with Gasteiger partial charge in [-0.3, -0.25) is 4.79 Å². The molecule has 0 aliphatic heterocycles. The fraction of sp³-hybridized carbons (Fsp3) is 0.786. The van der Waals surface area contributed by atoms with Crippen LogP contribution in [0.15, 0.2) is 11.9 Å². The summed E-state index contributed by atoms with van der Waals surface area (Å²) in [4.78, 5) is 11.6. The van der Waals surface area contributed by atoms with E-state index in [2.05, 4.69) is 32.8 Å². The summed E-state index contributed by atoms with van der Waals surface area (Å²) in [6.07, 6.45) is 5.54. The van der Waals surface area contributed by atoms with Gasteiger partial charge in [0.2, 0.25) is 5.91 Å². The minimum absolute atomic E-state index is 0.0557. The number of nitrogens with one attached hydrogen (secondary N) is 1. The highest BCUT2D eigenvalue weighted by molar-refractivity contribution is 7.36. The van der Waals surface area contributed by atoms with Crippen LogP contribution < -0.4 is 16.9 Å². The SMILES string of the molecule is CPCCCCC(=O)NC/C(N)=C/N(N)CC(C)(C)C. The predicted molar refractivity (Wildman–Crippen MR) is 88.6 cm³/mol. The van der Waals surface area contributed by atoms with Gasteiger partial charge in [0.15, 0.2) is 0 Å². The quantitative estimate of drug-likeness (QED) is 0.261. The van der Waals surface area contributed by atoms with Gasteiger partial charge in [0, 0.05) is 24.9 Å². The van der Waals surface area contributed by atoms with Gasteiger partial charge in [-0.1, -0.05) is 20.8 Å². The van der Waals surface area contributed by atoms with Crippen molar-refractivity contribution in [3.05, 3.63) is 11.9 Å². The molecule has 6 heteroatoms. The zero-order chi connectivity index (χ0) is 15.6. The monoisotopic (exact) mass is 302 g/mol. The van der Waals surface area contributed by atoms with Crippen molar-refractivity contribution in [2.24, 2.45) is 17.0 Å². The van der Waals surface area contributed by atoms with Gasteiger partial charge in [-0.2, -0.15) is 0 Å². The van der Waals surface area contributed by atoms with E-state index >= 15 is 0 Å². The lowest BCUT2D eigenvalue weighted by molar-refractivity contribution is -0.121. The molecule has 1 atom stereocenters. The fourth-order valence-electron chi connectivity index (χ4n) is 1.73. The van der Waals surface area contributed by atoms with Gasteiger partial charge >= 0.3 is 0 Å². The molecule has 0 aromatic carbocycles. The largest absolute Gasteiger partial charge is 0.399 e. The molecule has 0 spiro atoms. The van der Waals surface area contributed by atoms with Gasteiger partial charge in [0.05, 0.1) is 6.54 Å². The van der Waals surface area contributed by atoms with Crippen LogP contribution >= 0.6 is 8.58 Å². The standard InChI is InChI=1S/C14H31N4OP/c1-14(2,3)11-18(16)10-12(15)9-17-13(19)7-5-6-8-20-4/h10,20H,5-9,11,15-16H2,1-4H3,(H,17,19)/b12-10-. The van der Waals surface area contributed by atoms with Crippen LogP contribution in [0.5, 0.6) is 0 Å². The fourth-order valence-corrected chi connectivity index (χ4v) is 2.33. The highest BCUT2D eigenvalue weighted by Gasteiger charge is 2.12. The third-order valence-electron chi connectivity index (χ3n) is 2.56. The smallest absolute Gasteiger partial charge is 0.220 e. The van der Waals surface area contributed by atoms with Gasteiger partial charge in [0.25, 0.3) is 0 Å². The Balaban J connectivity index is 3.90. The maximum absolute atomic E-state index is 11.6. The number of unbranched alkanes of at least 4 members (excludes halogenated alkanes) is 1. The summed E-state index contributed by atoms with van der Waals surface area (Å²) in [5, 5.41) is 4.39. The molecule has 5 N–H and O–H groups in total. The van der Waals surface area contributed by atoms with Crippen molar-refractivity contribution in [2.45, 2.75) is 40.0 Å². The summed E-state index contributed by atoms with van der Waals surface area (Å²) >= 11 is 0. The van der Waals surface area contributed by atoms with E-state index in [1.807, 2.05) is 0 Å². The van der Waals surface area contributed by atoms with Crippen molar-refractivity contribution < 1.29 is 4.79 Å². The first-order valence-corrected chi connectivity index (χ1v) is 8.84. The molecule has 20 heavy (non-hydrogen) atoms. The minimum atomic E-state index is 0.0557. The van der Waals surface area contributed by atoms with E-state index in [1.165, 1.54) is 6.16 Å². The van der Waals surface area contributed by atoms with Crippen LogP contribution in [0.3, 0.4) is 0 Å². The summed E-state index contributed by atoms with van der Waals surface area (Å²) < 4.78 is 0. The average molecular weight is 302 g/mol. The molecule has 1 amide bonds. The number of nitrogens with two attached hydrogens (primary N) is 2. The zero-order valence-corrected chi connectivity index (χ0v) is 14.3. The molecule has 0 saturated heterocycles. The van der Waals surface area contributed by atoms with Crippen molar-refractivity contribution in [1.29, 1.82) is 0 Å². The molecular formula is C14H31N4OP. The molecule has 1 unspecified atom stereocenters. The molecule has 0 aromatic heterocycles. The summed E-state index contributed by atoms with van der Waals surface area (Å²) in [6, 6.07) is 0. The number of rotatable bonds is 9. The Kier molecular flexibility index (Phi) is 9.60. The van der Waals surface area contributed by atoms with E-state index in [-0.39, 0.29) is 11.3 Å². The normalized spacial score (nSPS) is 12.9. The third-order valence-corrected chi connectivity index (χ3v) is 3.41. The number of hydrogen-bond donors (Lipinski definition) is 3. The van der Waals surface area contributed by atoms with Gasteiger partial charge < -0.3 is 16.1 Å². The molecule has 0 aliphatic carbocycles. The Hall–Kier alpha value is -0.800. The zero-order valence-electron chi connectivity index (χ0n) is 13.3. The van der Waals surface area contributed by atoms with Crippen molar-refractivity contribution in [3.63, 3.8) is 0 Å². The molecule has 5 nitrogen and oxygen atoms in total. The summed E-state index contributed by atoms with van der Waals surface area (Å²) in [7, 11) is 0.970. The van der Waals surface area contributed by atoms with E-state index < -0.39 is 0 Å². The number of nitrogens with zero attached hydrogens (tertiary/aromatic N) is 1. The molecule has 0 rings (SSSR count). The Labute approximate surface area is 125 Å². The third kappa shape index (κ3) is 12.2. The van der Waals surface area contributed by atoms with E-state index in [1.54, 1.807) is 11.2 Å². The lowest BCUT2D eigenvalue weighted by Gasteiger charge is -2.25. The Morgan fingerprint density at radius 2 is 2.00 bits per heavy atom. The lowest BCUT2D eigenvalue weighted by atomic mass is 9.97. The first kappa shape index (κ1) is 19.2. The van der Waals surface area contributed by atoms with Gasteiger partial charge in [-0.25, -0.2) is 5.84 Å². The molecule has 0 aliphatic rings. The van der Waals surface area contributed by atoms with Crippen LogP contribution in [0.25, 0.3) is 0 Å². The molecule has 118 valence electrons. The Morgan fingerprint density at radius 1 is 1.35 bits per heavy atom. The van der Waals surface area contributed by atoms with Gasteiger partial charge in [0.1, 0.15) is 0 Å². The molecular weight excluding hydrogens is 271 g/mol. The minimum Gasteiger partial charge on any atom is -0.399 e. The second-order valence-electron chi connectivity index (χ2n) is 6.27. The number of carbonyl (C=O) groups excluding carboxylic acids is 1. The molecule has 0 saturated carbocycles. The topological polar surface area (TPSA) is 84.4 Å². The van der Waals surface area contributed by atoms with Crippen molar-refractivity contribution in [2.75, 3.05) is 25.9 Å². The van der Waals surface area contributed by atoms with Crippen LogP contribution in [-0.2, 0) is 4.79 Å². The summed E-state index contributed by atoms with van der Waals surface area (Å²) in [5.74, 6) is 5.90. The maximum Gasteiger partial charge on any atom is 0.220 e. The van der Waals surface area contributed by atoms with Crippen molar-refractivity contribution in [1.82, 2.24) is 10.3 Å². The van der Waals surface area contributed by atoms with Crippen LogP contribution in [-0.4, -0.2) is 36.8 Å². The van der Waals surface area contributed by atoms with E-state index in [0.29, 0.717) is 25.2 Å². The molecule has 0 fully saturated rings. The van der Waals surface area contributed by atoms with Crippen molar-refractivity contribution in [3.8, 4) is 0 Å². The molecule has 0 heterocycles. The summed E-state index contributed by atoms with van der Waals surface area (Å²) in [6.45, 7) is 9.56. The average Bonchev–Trinajstić information content (AvgIpc) is 2.29.